The number of benzene rings is 1. The van der Waals surface area contributed by atoms with E-state index in [-0.39, 0.29) is 5.56 Å². The van der Waals surface area contributed by atoms with Crippen molar-refractivity contribution >= 4 is 5.97 Å². The molecule has 0 heterocycles. The standard InChI is InChI=1S/C11H11NO5/c12-7-6-11(15,16)10(14)17-9(13)8-4-2-1-3-5-8/h1-5,10,14-16H,6H2. The zero-order valence-corrected chi connectivity index (χ0v) is 8.78. The summed E-state index contributed by atoms with van der Waals surface area (Å²) in [5, 5.41) is 35.9. The molecule has 0 aromatic heterocycles. The number of ether oxygens (including phenoxy) is 1. The van der Waals surface area contributed by atoms with E-state index < -0.39 is 24.5 Å². The first kappa shape index (κ1) is 13.1. The number of hydrogen-bond acceptors (Lipinski definition) is 6. The van der Waals surface area contributed by atoms with Crippen LogP contribution in [0.4, 0.5) is 0 Å². The second kappa shape index (κ2) is 5.41. The Hall–Kier alpha value is -1.94. The second-order valence-electron chi connectivity index (χ2n) is 3.34. The summed E-state index contributed by atoms with van der Waals surface area (Å²) < 4.78 is 4.42. The lowest BCUT2D eigenvalue weighted by atomic mass is 10.2. The fourth-order valence-electron chi connectivity index (χ4n) is 1.04. The third-order valence-electron chi connectivity index (χ3n) is 1.96. The summed E-state index contributed by atoms with van der Waals surface area (Å²) in [6, 6.07) is 9.19. The predicted octanol–water partition coefficient (Wildman–Crippen LogP) is -0.244. The maximum absolute atomic E-state index is 11.4. The minimum atomic E-state index is -2.78. The molecule has 1 atom stereocenters. The van der Waals surface area contributed by atoms with Crippen LogP contribution in [0.1, 0.15) is 16.8 Å². The lowest BCUT2D eigenvalue weighted by Gasteiger charge is -2.24. The van der Waals surface area contributed by atoms with Gasteiger partial charge in [0.2, 0.25) is 5.79 Å². The molecule has 17 heavy (non-hydrogen) atoms. The van der Waals surface area contributed by atoms with Crippen LogP contribution in [0.3, 0.4) is 0 Å². The molecule has 0 saturated heterocycles. The summed E-state index contributed by atoms with van der Waals surface area (Å²) in [5.74, 6) is -3.69. The van der Waals surface area contributed by atoms with Crippen LogP contribution in [-0.4, -0.2) is 33.4 Å². The van der Waals surface area contributed by atoms with Crippen molar-refractivity contribution in [3.05, 3.63) is 35.9 Å². The Labute approximate surface area is 97.3 Å². The van der Waals surface area contributed by atoms with Crippen LogP contribution in [-0.2, 0) is 4.74 Å². The van der Waals surface area contributed by atoms with Crippen molar-refractivity contribution in [1.82, 2.24) is 0 Å². The fourth-order valence-corrected chi connectivity index (χ4v) is 1.04. The van der Waals surface area contributed by atoms with Gasteiger partial charge in [0, 0.05) is 0 Å². The third kappa shape index (κ3) is 3.53. The molecule has 90 valence electrons. The predicted molar refractivity (Wildman–Crippen MR) is 55.3 cm³/mol. The Morgan fingerprint density at radius 1 is 1.41 bits per heavy atom. The van der Waals surface area contributed by atoms with Crippen LogP contribution < -0.4 is 0 Å². The summed E-state index contributed by atoms with van der Waals surface area (Å²) in [5.41, 5.74) is 0.152. The van der Waals surface area contributed by atoms with Gasteiger partial charge in [-0.25, -0.2) is 4.79 Å². The van der Waals surface area contributed by atoms with E-state index in [1.54, 1.807) is 18.2 Å². The first-order valence-electron chi connectivity index (χ1n) is 4.73. The summed E-state index contributed by atoms with van der Waals surface area (Å²) in [4.78, 5) is 11.4. The lowest BCUT2D eigenvalue weighted by Crippen LogP contribution is -2.44. The summed E-state index contributed by atoms with van der Waals surface area (Å²) in [6.45, 7) is 0. The third-order valence-corrected chi connectivity index (χ3v) is 1.96. The van der Waals surface area contributed by atoms with E-state index >= 15 is 0 Å². The van der Waals surface area contributed by atoms with Gasteiger partial charge in [-0.3, -0.25) is 0 Å². The highest BCUT2D eigenvalue weighted by molar-refractivity contribution is 5.89. The van der Waals surface area contributed by atoms with Gasteiger partial charge in [-0.05, 0) is 12.1 Å². The molecule has 6 nitrogen and oxygen atoms in total. The zero-order chi connectivity index (χ0) is 12.9. The largest absolute Gasteiger partial charge is 0.426 e. The van der Waals surface area contributed by atoms with Gasteiger partial charge in [-0.2, -0.15) is 5.26 Å². The van der Waals surface area contributed by atoms with Crippen molar-refractivity contribution in [3.8, 4) is 6.07 Å². The van der Waals surface area contributed by atoms with Crippen LogP contribution in [0.2, 0.25) is 0 Å². The Balaban J connectivity index is 2.67. The smallest absolute Gasteiger partial charge is 0.340 e. The maximum atomic E-state index is 11.4. The van der Waals surface area contributed by atoms with Gasteiger partial charge in [-0.1, -0.05) is 18.2 Å². The Kier molecular flexibility index (Phi) is 4.17. The van der Waals surface area contributed by atoms with Crippen molar-refractivity contribution < 1.29 is 24.9 Å². The number of nitrogens with zero attached hydrogens (tertiary/aromatic N) is 1. The average Bonchev–Trinajstić information content (AvgIpc) is 2.30. The first-order chi connectivity index (χ1) is 7.97. The highest BCUT2D eigenvalue weighted by Gasteiger charge is 2.36. The van der Waals surface area contributed by atoms with Gasteiger partial charge in [0.25, 0.3) is 6.29 Å². The van der Waals surface area contributed by atoms with Gasteiger partial charge in [-0.15, -0.1) is 0 Å². The number of aliphatic hydroxyl groups is 3. The Bertz CT molecular complexity index is 423. The number of carbonyl (C=O) groups is 1. The molecule has 0 saturated carbocycles. The summed E-state index contributed by atoms with van der Waals surface area (Å²) >= 11 is 0. The van der Waals surface area contributed by atoms with Crippen LogP contribution in [0, 0.1) is 11.3 Å². The molecule has 1 aromatic rings. The number of hydrogen-bond donors (Lipinski definition) is 3. The number of rotatable bonds is 4. The first-order valence-corrected chi connectivity index (χ1v) is 4.73. The number of nitriles is 1. The summed E-state index contributed by atoms with van der Waals surface area (Å²) in [7, 11) is 0. The van der Waals surface area contributed by atoms with Crippen LogP contribution in [0.25, 0.3) is 0 Å². The van der Waals surface area contributed by atoms with E-state index in [1.807, 2.05) is 0 Å². The van der Waals surface area contributed by atoms with E-state index in [9.17, 15) is 20.1 Å². The molecule has 1 aromatic carbocycles. The van der Waals surface area contributed by atoms with Gasteiger partial charge >= 0.3 is 5.97 Å². The van der Waals surface area contributed by atoms with E-state index in [4.69, 9.17) is 5.26 Å². The molecule has 0 aliphatic heterocycles. The van der Waals surface area contributed by atoms with Crippen molar-refractivity contribution in [1.29, 1.82) is 5.26 Å². The topological polar surface area (TPSA) is 111 Å². The molecule has 0 aliphatic rings. The molecule has 3 N–H and O–H groups in total. The Morgan fingerprint density at radius 2 is 2.00 bits per heavy atom. The van der Waals surface area contributed by atoms with Crippen molar-refractivity contribution in [2.24, 2.45) is 0 Å². The highest BCUT2D eigenvalue weighted by atomic mass is 16.7. The molecule has 6 heteroatoms. The molecule has 0 bridgehead atoms. The van der Waals surface area contributed by atoms with Crippen molar-refractivity contribution in [2.45, 2.75) is 18.5 Å². The molecular formula is C11H11NO5. The quantitative estimate of drug-likeness (QED) is 0.492. The fraction of sp³-hybridized carbons (Fsp3) is 0.273. The van der Waals surface area contributed by atoms with Crippen LogP contribution >= 0.6 is 0 Å². The number of carbonyl (C=O) groups excluding carboxylic acids is 1. The average molecular weight is 237 g/mol. The van der Waals surface area contributed by atoms with Crippen LogP contribution in [0.5, 0.6) is 0 Å². The van der Waals surface area contributed by atoms with E-state index in [0.717, 1.165) is 0 Å². The molecular weight excluding hydrogens is 226 g/mol. The van der Waals surface area contributed by atoms with E-state index in [0.29, 0.717) is 0 Å². The van der Waals surface area contributed by atoms with Gasteiger partial charge in [0.1, 0.15) is 0 Å². The Morgan fingerprint density at radius 3 is 2.53 bits per heavy atom. The van der Waals surface area contributed by atoms with E-state index in [1.165, 1.54) is 18.2 Å². The minimum absolute atomic E-state index is 0.152. The number of aliphatic hydroxyl groups excluding tert-OH is 1. The molecule has 0 radical (unpaired) electrons. The molecule has 0 fully saturated rings. The number of esters is 1. The highest BCUT2D eigenvalue weighted by Crippen LogP contribution is 2.14. The molecule has 0 spiro atoms. The van der Waals surface area contributed by atoms with E-state index in [2.05, 4.69) is 4.74 Å². The van der Waals surface area contributed by atoms with Crippen molar-refractivity contribution in [2.75, 3.05) is 0 Å². The summed E-state index contributed by atoms with van der Waals surface area (Å²) in [6.07, 6.45) is -2.97. The van der Waals surface area contributed by atoms with Crippen LogP contribution in [0.15, 0.2) is 30.3 Å². The monoisotopic (exact) mass is 237 g/mol. The molecule has 0 aliphatic carbocycles. The van der Waals surface area contributed by atoms with Crippen molar-refractivity contribution in [3.63, 3.8) is 0 Å². The molecule has 1 rings (SSSR count). The van der Waals surface area contributed by atoms with Gasteiger partial charge in [0.15, 0.2) is 0 Å². The lowest BCUT2D eigenvalue weighted by molar-refractivity contribution is -0.284. The van der Waals surface area contributed by atoms with Gasteiger partial charge < -0.3 is 20.1 Å². The maximum Gasteiger partial charge on any atom is 0.340 e. The second-order valence-corrected chi connectivity index (χ2v) is 3.34. The normalized spacial score (nSPS) is 12.6. The minimum Gasteiger partial charge on any atom is -0.426 e. The molecule has 0 amide bonds. The SMILES string of the molecule is N#CCC(O)(O)C(O)OC(=O)c1ccccc1. The molecule has 1 unspecified atom stereocenters. The van der Waals surface area contributed by atoms with Gasteiger partial charge in [0.05, 0.1) is 18.1 Å². The zero-order valence-electron chi connectivity index (χ0n) is 8.78.